The molecule has 1 aliphatic rings. The second kappa shape index (κ2) is 9.59. The number of hydrazine groups is 1. The van der Waals surface area contributed by atoms with E-state index < -0.39 is 30.3 Å². The van der Waals surface area contributed by atoms with Crippen molar-refractivity contribution in [3.63, 3.8) is 0 Å². The number of ether oxygens (including phenoxy) is 3. The Hall–Kier alpha value is -3.82. The molecule has 30 heavy (non-hydrogen) atoms. The summed E-state index contributed by atoms with van der Waals surface area (Å²) in [5, 5.41) is 3.88. The maximum absolute atomic E-state index is 12.9. The normalized spacial score (nSPS) is 13.4. The lowest BCUT2D eigenvalue weighted by Crippen LogP contribution is -2.48. The Morgan fingerprint density at radius 3 is 2.63 bits per heavy atom. The number of hydrogen-bond donors (Lipinski definition) is 2. The molecule has 0 spiro atoms. The van der Waals surface area contributed by atoms with Crippen LogP contribution >= 0.6 is 0 Å². The van der Waals surface area contributed by atoms with Crippen molar-refractivity contribution in [2.24, 2.45) is 5.16 Å². The lowest BCUT2D eigenvalue weighted by Gasteiger charge is -2.15. The van der Waals surface area contributed by atoms with Crippen LogP contribution in [0.25, 0.3) is 0 Å². The van der Waals surface area contributed by atoms with Gasteiger partial charge in [-0.15, -0.1) is 0 Å². The highest BCUT2D eigenvalue weighted by atomic mass is 19.1. The summed E-state index contributed by atoms with van der Waals surface area (Å²) in [6.45, 7) is 2.96. The monoisotopic (exact) mass is 417 g/mol. The fourth-order valence-corrected chi connectivity index (χ4v) is 2.40. The van der Waals surface area contributed by atoms with Gasteiger partial charge in [0, 0.05) is 5.56 Å². The van der Waals surface area contributed by atoms with Crippen LogP contribution in [0.4, 0.5) is 4.39 Å². The third-order valence-corrected chi connectivity index (χ3v) is 4.01. The van der Waals surface area contributed by atoms with Gasteiger partial charge in [0.05, 0.1) is 5.71 Å². The van der Waals surface area contributed by atoms with Crippen molar-refractivity contribution in [1.82, 2.24) is 10.9 Å². The van der Waals surface area contributed by atoms with E-state index in [-0.39, 0.29) is 6.79 Å². The number of nitrogens with zero attached hydrogens (tertiary/aromatic N) is 1. The molecular weight excluding hydrogens is 397 g/mol. The summed E-state index contributed by atoms with van der Waals surface area (Å²) in [4.78, 5) is 28.8. The van der Waals surface area contributed by atoms with Crippen LogP contribution in [0.3, 0.4) is 0 Å². The smallest absolute Gasteiger partial charge is 0.279 e. The molecule has 2 amide bonds. The van der Waals surface area contributed by atoms with Crippen LogP contribution < -0.4 is 25.1 Å². The summed E-state index contributed by atoms with van der Waals surface area (Å²) in [7, 11) is 0. The first-order chi connectivity index (χ1) is 14.4. The molecule has 2 aromatic carbocycles. The van der Waals surface area contributed by atoms with Crippen molar-refractivity contribution in [2.45, 2.75) is 20.0 Å². The van der Waals surface area contributed by atoms with Gasteiger partial charge in [-0.25, -0.2) is 4.39 Å². The van der Waals surface area contributed by atoms with Crippen molar-refractivity contribution >= 4 is 17.5 Å². The lowest BCUT2D eigenvalue weighted by molar-refractivity contribution is -0.134. The van der Waals surface area contributed by atoms with Gasteiger partial charge in [0.2, 0.25) is 6.79 Å². The highest BCUT2D eigenvalue weighted by Crippen LogP contribution is 2.32. The number of benzene rings is 2. The first-order valence-electron chi connectivity index (χ1n) is 9.00. The summed E-state index contributed by atoms with van der Waals surface area (Å²) >= 11 is 0. The Morgan fingerprint density at radius 2 is 1.87 bits per heavy atom. The van der Waals surface area contributed by atoms with Crippen LogP contribution in [-0.2, 0) is 14.4 Å². The van der Waals surface area contributed by atoms with Gasteiger partial charge in [-0.05, 0) is 56.3 Å². The van der Waals surface area contributed by atoms with E-state index in [9.17, 15) is 14.0 Å². The molecule has 10 heteroatoms. The van der Waals surface area contributed by atoms with Crippen molar-refractivity contribution in [1.29, 1.82) is 0 Å². The molecule has 0 bridgehead atoms. The van der Waals surface area contributed by atoms with Crippen LogP contribution in [-0.4, -0.2) is 37.0 Å². The molecule has 0 radical (unpaired) electrons. The summed E-state index contributed by atoms with van der Waals surface area (Å²) in [6, 6.07) is 10.5. The topological polar surface area (TPSA) is 107 Å². The highest BCUT2D eigenvalue weighted by Gasteiger charge is 2.16. The predicted octanol–water partition coefficient (Wildman–Crippen LogP) is 1.91. The molecule has 0 aromatic heterocycles. The van der Waals surface area contributed by atoms with Gasteiger partial charge in [0.1, 0.15) is 11.6 Å². The number of rotatable bonds is 7. The van der Waals surface area contributed by atoms with E-state index in [2.05, 4.69) is 16.0 Å². The van der Waals surface area contributed by atoms with Crippen LogP contribution in [0.2, 0.25) is 0 Å². The molecular formula is C20H20FN3O6. The molecule has 0 unspecified atom stereocenters. The average Bonchev–Trinajstić information content (AvgIpc) is 3.21. The Kier molecular flexibility index (Phi) is 6.68. The van der Waals surface area contributed by atoms with E-state index in [1.807, 2.05) is 0 Å². The Morgan fingerprint density at radius 1 is 1.13 bits per heavy atom. The molecule has 0 fully saturated rings. The minimum absolute atomic E-state index is 0.172. The van der Waals surface area contributed by atoms with Gasteiger partial charge in [-0.2, -0.15) is 0 Å². The fraction of sp³-hybridized carbons (Fsp3) is 0.250. The van der Waals surface area contributed by atoms with Gasteiger partial charge < -0.3 is 19.0 Å². The zero-order chi connectivity index (χ0) is 21.5. The van der Waals surface area contributed by atoms with Gasteiger partial charge in [0.15, 0.2) is 24.2 Å². The maximum Gasteiger partial charge on any atom is 0.279 e. The molecule has 9 nitrogen and oxygen atoms in total. The van der Waals surface area contributed by atoms with E-state index >= 15 is 0 Å². The van der Waals surface area contributed by atoms with Gasteiger partial charge in [-0.3, -0.25) is 20.4 Å². The Labute approximate surface area is 171 Å². The van der Waals surface area contributed by atoms with Crippen molar-refractivity contribution < 1.29 is 33.0 Å². The standard InChI is InChI=1S/C20H20FN3O6/c1-12(14-3-8-17-18(9-14)28-11-27-17)24-29-10-19(25)22-23-20(26)13(2)30-16-6-4-15(21)5-7-16/h3-9,13H,10-11H2,1-2H3,(H,22,25)(H,23,26)/b24-12-/t13-/m0/s1. The lowest BCUT2D eigenvalue weighted by atomic mass is 10.1. The minimum atomic E-state index is -0.914. The van der Waals surface area contributed by atoms with Crippen LogP contribution in [0.15, 0.2) is 47.6 Å². The number of hydrogen-bond acceptors (Lipinski definition) is 7. The largest absolute Gasteiger partial charge is 0.481 e. The number of carbonyl (C=O) groups is 2. The number of nitrogens with one attached hydrogen (secondary N) is 2. The Balaban J connectivity index is 1.40. The maximum atomic E-state index is 12.9. The molecule has 2 N–H and O–H groups in total. The number of fused-ring (bicyclic) bond motifs is 1. The van der Waals surface area contributed by atoms with Crippen LogP contribution in [0.1, 0.15) is 19.4 Å². The van der Waals surface area contributed by atoms with E-state index in [4.69, 9.17) is 19.0 Å². The third-order valence-electron chi connectivity index (χ3n) is 4.01. The molecule has 1 atom stereocenters. The molecule has 1 aliphatic heterocycles. The van der Waals surface area contributed by atoms with Crippen molar-refractivity contribution in [3.05, 3.63) is 53.8 Å². The zero-order valence-electron chi connectivity index (χ0n) is 16.3. The SMILES string of the molecule is C/C(=N/OCC(=O)NNC(=O)[C@H](C)Oc1ccc(F)cc1)c1ccc2c(c1)OCO2. The molecule has 158 valence electrons. The zero-order valence-corrected chi connectivity index (χ0v) is 16.3. The van der Waals surface area contributed by atoms with E-state index in [1.165, 1.54) is 31.2 Å². The second-order valence-corrected chi connectivity index (χ2v) is 6.27. The van der Waals surface area contributed by atoms with E-state index in [1.54, 1.807) is 25.1 Å². The molecule has 3 rings (SSSR count). The quantitative estimate of drug-likeness (QED) is 0.526. The van der Waals surface area contributed by atoms with Gasteiger partial charge in [-0.1, -0.05) is 5.16 Å². The van der Waals surface area contributed by atoms with Crippen LogP contribution in [0.5, 0.6) is 17.2 Å². The predicted molar refractivity (Wildman–Crippen MR) is 104 cm³/mol. The Bertz CT molecular complexity index is 948. The second-order valence-electron chi connectivity index (χ2n) is 6.27. The molecule has 2 aromatic rings. The fourth-order valence-electron chi connectivity index (χ4n) is 2.40. The summed E-state index contributed by atoms with van der Waals surface area (Å²) in [6.07, 6.45) is -0.914. The number of halogens is 1. The molecule has 1 heterocycles. The number of oxime groups is 1. The summed E-state index contributed by atoms with van der Waals surface area (Å²) in [5.74, 6) is -0.0304. The third kappa shape index (κ3) is 5.60. The molecule has 0 saturated carbocycles. The first kappa shape index (κ1) is 20.9. The number of amides is 2. The van der Waals surface area contributed by atoms with Crippen LogP contribution in [0, 0.1) is 5.82 Å². The first-order valence-corrected chi connectivity index (χ1v) is 9.00. The molecule has 0 aliphatic carbocycles. The van der Waals surface area contributed by atoms with Gasteiger partial charge in [0.25, 0.3) is 11.8 Å². The van der Waals surface area contributed by atoms with E-state index in [0.29, 0.717) is 23.0 Å². The molecule has 0 saturated heterocycles. The summed E-state index contributed by atoms with van der Waals surface area (Å²) in [5.41, 5.74) is 5.70. The summed E-state index contributed by atoms with van der Waals surface area (Å²) < 4.78 is 28.8. The van der Waals surface area contributed by atoms with Crippen molar-refractivity contribution in [2.75, 3.05) is 13.4 Å². The highest BCUT2D eigenvalue weighted by molar-refractivity contribution is 5.99. The number of carbonyl (C=O) groups excluding carboxylic acids is 2. The van der Waals surface area contributed by atoms with Crippen molar-refractivity contribution in [3.8, 4) is 17.2 Å². The van der Waals surface area contributed by atoms with E-state index in [0.717, 1.165) is 5.56 Å². The average molecular weight is 417 g/mol. The van der Waals surface area contributed by atoms with Gasteiger partial charge >= 0.3 is 0 Å². The minimum Gasteiger partial charge on any atom is -0.481 e.